The van der Waals surface area contributed by atoms with E-state index in [1.165, 1.54) is 44.8 Å². The van der Waals surface area contributed by atoms with E-state index in [4.69, 9.17) is 4.74 Å². The molecule has 3 rings (SSSR count). The molecule has 3 unspecified atom stereocenters. The molecule has 33 heavy (non-hydrogen) atoms. The monoisotopic (exact) mass is 464 g/mol. The van der Waals surface area contributed by atoms with E-state index < -0.39 is 23.4 Å². The second-order valence-corrected chi connectivity index (χ2v) is 12.2. The third kappa shape index (κ3) is 5.92. The summed E-state index contributed by atoms with van der Waals surface area (Å²) in [5.41, 5.74) is 0.675. The number of aliphatic hydroxyl groups is 4. The van der Waals surface area contributed by atoms with Crippen LogP contribution in [0.1, 0.15) is 91.9 Å². The molecular formula is C28H48O5. The van der Waals surface area contributed by atoms with Gasteiger partial charge in [0, 0.05) is 7.11 Å². The highest BCUT2D eigenvalue weighted by atomic mass is 16.5. The predicted molar refractivity (Wildman–Crippen MR) is 132 cm³/mol. The number of rotatable bonds is 8. The Morgan fingerprint density at radius 3 is 2.42 bits per heavy atom. The molecule has 3 fully saturated rings. The Morgan fingerprint density at radius 1 is 1.15 bits per heavy atom. The molecule has 0 spiro atoms. The molecule has 0 amide bonds. The van der Waals surface area contributed by atoms with Crippen LogP contribution in [0, 0.1) is 23.2 Å². The van der Waals surface area contributed by atoms with E-state index in [0.29, 0.717) is 30.1 Å². The van der Waals surface area contributed by atoms with E-state index in [2.05, 4.69) is 26.0 Å². The van der Waals surface area contributed by atoms with E-state index in [0.717, 1.165) is 30.8 Å². The summed E-state index contributed by atoms with van der Waals surface area (Å²) >= 11 is 0. The summed E-state index contributed by atoms with van der Waals surface area (Å²) in [6.07, 6.45) is 12.3. The average Bonchev–Trinajstić information content (AvgIpc) is 3.07. The Bertz CT molecular complexity index is 706. The molecule has 0 aromatic rings. The molecule has 5 nitrogen and oxygen atoms in total. The van der Waals surface area contributed by atoms with Crippen LogP contribution in [0.2, 0.25) is 0 Å². The summed E-state index contributed by atoms with van der Waals surface area (Å²) in [6.45, 7) is 8.65. The van der Waals surface area contributed by atoms with Crippen molar-refractivity contribution in [1.82, 2.24) is 0 Å². The maximum Gasteiger partial charge on any atom is 0.140 e. The van der Waals surface area contributed by atoms with Gasteiger partial charge >= 0.3 is 0 Å². The fraction of sp³-hybridized carbons (Fsp3) is 0.857. The standard InChI is InChI=1S/C28H48O5/c1-19(8-6-14-26(2,3)31)22-12-13-23-21(9-7-15-27(22,23)4)11-10-20-16-24(29)28(32,18-33-5)25(30)17-20/h10-11,19,22-25,29-32H,6-9,12-18H2,1-5H3/b20-10?,21-11+/t19-,22?,23?,24+,25+,27?,28?/m0/s1. The third-order valence-electron chi connectivity index (χ3n) is 9.15. The van der Waals surface area contributed by atoms with Gasteiger partial charge < -0.3 is 25.2 Å². The van der Waals surface area contributed by atoms with Gasteiger partial charge in [0.25, 0.3) is 0 Å². The van der Waals surface area contributed by atoms with Crippen molar-refractivity contribution in [1.29, 1.82) is 0 Å². The van der Waals surface area contributed by atoms with Crippen LogP contribution < -0.4 is 0 Å². The van der Waals surface area contributed by atoms with Crippen LogP contribution in [0.15, 0.2) is 23.3 Å². The highest BCUT2D eigenvalue weighted by molar-refractivity contribution is 5.27. The van der Waals surface area contributed by atoms with Crippen LogP contribution >= 0.6 is 0 Å². The van der Waals surface area contributed by atoms with Gasteiger partial charge in [-0.25, -0.2) is 0 Å². The molecule has 3 aliphatic carbocycles. The van der Waals surface area contributed by atoms with Gasteiger partial charge in [0.05, 0.1) is 24.4 Å². The van der Waals surface area contributed by atoms with Crippen molar-refractivity contribution in [2.75, 3.05) is 13.7 Å². The Hall–Kier alpha value is -0.720. The van der Waals surface area contributed by atoms with Crippen molar-refractivity contribution >= 4 is 0 Å². The third-order valence-corrected chi connectivity index (χ3v) is 9.15. The van der Waals surface area contributed by atoms with Gasteiger partial charge in [0.1, 0.15) is 5.60 Å². The van der Waals surface area contributed by atoms with Gasteiger partial charge in [-0.2, -0.15) is 0 Å². The highest BCUT2D eigenvalue weighted by Crippen LogP contribution is 2.60. The van der Waals surface area contributed by atoms with Gasteiger partial charge in [-0.05, 0) is 88.4 Å². The van der Waals surface area contributed by atoms with E-state index in [1.54, 1.807) is 0 Å². The molecule has 0 saturated heterocycles. The van der Waals surface area contributed by atoms with Crippen LogP contribution in [0.3, 0.4) is 0 Å². The second-order valence-electron chi connectivity index (χ2n) is 12.2. The average molecular weight is 465 g/mol. The topological polar surface area (TPSA) is 90.2 Å². The summed E-state index contributed by atoms with van der Waals surface area (Å²) in [5.74, 6) is 2.00. The summed E-state index contributed by atoms with van der Waals surface area (Å²) < 4.78 is 5.03. The van der Waals surface area contributed by atoms with Crippen LogP contribution in [-0.2, 0) is 4.74 Å². The predicted octanol–water partition coefficient (Wildman–Crippen LogP) is 4.53. The first-order chi connectivity index (χ1) is 15.4. The lowest BCUT2D eigenvalue weighted by Crippen LogP contribution is -2.58. The minimum atomic E-state index is -1.59. The molecule has 0 bridgehead atoms. The number of methoxy groups -OCH3 is 1. The minimum Gasteiger partial charge on any atom is -0.390 e. The van der Waals surface area contributed by atoms with Crippen molar-refractivity contribution in [3.63, 3.8) is 0 Å². The second kappa shape index (κ2) is 10.5. The fourth-order valence-corrected chi connectivity index (χ4v) is 7.21. The van der Waals surface area contributed by atoms with E-state index in [9.17, 15) is 20.4 Å². The number of ether oxygens (including phenoxy) is 1. The van der Waals surface area contributed by atoms with Crippen molar-refractivity contribution in [3.05, 3.63) is 23.3 Å². The first-order valence-corrected chi connectivity index (χ1v) is 13.1. The van der Waals surface area contributed by atoms with E-state index >= 15 is 0 Å². The number of aliphatic hydroxyl groups excluding tert-OH is 2. The molecular weight excluding hydrogens is 416 g/mol. The molecule has 0 aromatic heterocycles. The fourth-order valence-electron chi connectivity index (χ4n) is 7.21. The van der Waals surface area contributed by atoms with Gasteiger partial charge in [-0.15, -0.1) is 0 Å². The summed E-state index contributed by atoms with van der Waals surface area (Å²) in [6, 6.07) is 0. The Morgan fingerprint density at radius 2 is 1.82 bits per heavy atom. The summed E-state index contributed by atoms with van der Waals surface area (Å²) in [4.78, 5) is 0. The smallest absolute Gasteiger partial charge is 0.140 e. The lowest BCUT2D eigenvalue weighted by Gasteiger charge is -2.44. The molecule has 5 heteroatoms. The number of allylic oxidation sites excluding steroid dienone is 3. The maximum atomic E-state index is 10.6. The molecule has 0 aliphatic heterocycles. The molecule has 0 radical (unpaired) electrons. The SMILES string of the molecule is COCC1(O)[C@H](O)CC(=C/C=C2\CCCC3(C)C2CCC3[C@@H](C)CCCC(C)(C)O)C[C@H]1O. The molecule has 0 aromatic carbocycles. The molecule has 3 saturated carbocycles. The largest absolute Gasteiger partial charge is 0.390 e. The zero-order valence-corrected chi connectivity index (χ0v) is 21.5. The molecule has 4 N–H and O–H groups in total. The number of hydrogen-bond acceptors (Lipinski definition) is 5. The quantitative estimate of drug-likeness (QED) is 0.424. The van der Waals surface area contributed by atoms with Crippen LogP contribution in [0.5, 0.6) is 0 Å². The van der Waals surface area contributed by atoms with Crippen molar-refractivity contribution < 1.29 is 25.2 Å². The lowest BCUT2D eigenvalue weighted by molar-refractivity contribution is -0.181. The summed E-state index contributed by atoms with van der Waals surface area (Å²) in [5, 5.41) is 41.6. The van der Waals surface area contributed by atoms with Crippen molar-refractivity contribution in [3.8, 4) is 0 Å². The Labute approximate surface area is 200 Å². The Kier molecular flexibility index (Phi) is 8.55. The van der Waals surface area contributed by atoms with Gasteiger partial charge in [0.2, 0.25) is 0 Å². The molecule has 3 aliphatic rings. The highest BCUT2D eigenvalue weighted by Gasteiger charge is 2.50. The van der Waals surface area contributed by atoms with Gasteiger partial charge in [-0.1, -0.05) is 50.0 Å². The van der Waals surface area contributed by atoms with Crippen LogP contribution in [-0.4, -0.2) is 57.6 Å². The lowest BCUT2D eigenvalue weighted by atomic mass is 9.60. The minimum absolute atomic E-state index is 0.0699. The van der Waals surface area contributed by atoms with Crippen LogP contribution in [0.25, 0.3) is 0 Å². The zero-order chi connectivity index (χ0) is 24.4. The summed E-state index contributed by atoms with van der Waals surface area (Å²) in [7, 11) is 1.47. The number of hydrogen-bond donors (Lipinski definition) is 4. The van der Waals surface area contributed by atoms with Gasteiger partial charge in [-0.3, -0.25) is 0 Å². The molecule has 190 valence electrons. The zero-order valence-electron chi connectivity index (χ0n) is 21.5. The van der Waals surface area contributed by atoms with Crippen LogP contribution in [0.4, 0.5) is 0 Å². The molecule has 0 heterocycles. The normalized spacial score (nSPS) is 39.5. The first kappa shape index (κ1) is 26.9. The maximum absolute atomic E-state index is 10.6. The van der Waals surface area contributed by atoms with E-state index in [1.807, 2.05) is 13.8 Å². The Balaban J connectivity index is 1.68. The first-order valence-electron chi connectivity index (χ1n) is 13.1. The van der Waals surface area contributed by atoms with Crippen molar-refractivity contribution in [2.45, 2.75) is 115 Å². The molecule has 6 atom stereocenters. The van der Waals surface area contributed by atoms with Crippen molar-refractivity contribution in [2.24, 2.45) is 23.2 Å². The van der Waals surface area contributed by atoms with E-state index in [-0.39, 0.29) is 6.61 Å². The number of fused-ring (bicyclic) bond motifs is 1. The van der Waals surface area contributed by atoms with Gasteiger partial charge in [0.15, 0.2) is 0 Å².